The molecular formula is C26H33N3O6S. The molecule has 0 bridgehead atoms. The van der Waals surface area contributed by atoms with Crippen LogP contribution in [0.2, 0.25) is 0 Å². The summed E-state index contributed by atoms with van der Waals surface area (Å²) in [4.78, 5) is 40.1. The van der Waals surface area contributed by atoms with E-state index in [-0.39, 0.29) is 18.5 Å². The third-order valence-electron chi connectivity index (χ3n) is 5.38. The van der Waals surface area contributed by atoms with Crippen molar-refractivity contribution in [2.45, 2.75) is 53.1 Å². The smallest absolute Gasteiger partial charge is 0.243 e. The molecule has 0 spiro atoms. The van der Waals surface area contributed by atoms with Crippen molar-refractivity contribution in [3.8, 4) is 11.5 Å². The maximum Gasteiger partial charge on any atom is 0.243 e. The number of hydrogen-bond acceptors (Lipinski definition) is 6. The number of aryl methyl sites for hydroxylation is 2. The lowest BCUT2D eigenvalue weighted by molar-refractivity contribution is -0.126. The summed E-state index contributed by atoms with van der Waals surface area (Å²) in [7, 11) is -1.80. The van der Waals surface area contributed by atoms with Crippen LogP contribution in [0.5, 0.6) is 11.5 Å². The molecule has 2 atom stereocenters. The van der Waals surface area contributed by atoms with Gasteiger partial charge < -0.3 is 20.1 Å². The van der Waals surface area contributed by atoms with Crippen LogP contribution in [0.15, 0.2) is 36.4 Å². The highest BCUT2D eigenvalue weighted by Gasteiger charge is 2.31. The van der Waals surface area contributed by atoms with Crippen molar-refractivity contribution in [3.63, 3.8) is 0 Å². The maximum atomic E-state index is 13.4. The molecule has 9 nitrogen and oxygen atoms in total. The molecule has 0 saturated carbocycles. The van der Waals surface area contributed by atoms with Gasteiger partial charge in [0.2, 0.25) is 24.5 Å². The second kappa shape index (κ2) is 11.1. The number of nitrogens with zero attached hydrogens (tertiary/aromatic N) is 1. The number of nitrogens with one attached hydrogen (secondary N) is 2. The normalized spacial score (nSPS) is 14.1. The third-order valence-corrected chi connectivity index (χ3v) is 6.53. The molecule has 0 radical (unpaired) electrons. The van der Waals surface area contributed by atoms with Crippen molar-refractivity contribution >= 4 is 39.9 Å². The van der Waals surface area contributed by atoms with E-state index in [1.54, 1.807) is 31.2 Å². The highest BCUT2D eigenvalue weighted by Crippen LogP contribution is 2.34. The summed E-state index contributed by atoms with van der Waals surface area (Å²) in [6.07, 6.45) is 0. The Kier molecular flexibility index (Phi) is 8.39. The van der Waals surface area contributed by atoms with E-state index in [0.29, 0.717) is 22.9 Å². The Morgan fingerprint density at radius 3 is 2.39 bits per heavy atom. The van der Waals surface area contributed by atoms with E-state index < -0.39 is 39.9 Å². The van der Waals surface area contributed by atoms with Crippen molar-refractivity contribution < 1.29 is 28.1 Å². The van der Waals surface area contributed by atoms with Gasteiger partial charge in [-0.05, 0) is 65.3 Å². The lowest BCUT2D eigenvalue weighted by Crippen LogP contribution is -2.54. The van der Waals surface area contributed by atoms with Crippen molar-refractivity contribution in [1.29, 1.82) is 0 Å². The molecule has 0 aromatic heterocycles. The molecule has 2 aromatic rings. The average molecular weight is 516 g/mol. The molecule has 0 aliphatic carbocycles. The molecule has 2 N–H and O–H groups in total. The minimum Gasteiger partial charge on any atom is -0.454 e. The predicted molar refractivity (Wildman–Crippen MR) is 140 cm³/mol. The molecule has 194 valence electrons. The van der Waals surface area contributed by atoms with E-state index in [4.69, 9.17) is 9.47 Å². The zero-order valence-corrected chi connectivity index (χ0v) is 22.3. The van der Waals surface area contributed by atoms with Crippen molar-refractivity contribution in [2.24, 2.45) is 0 Å². The van der Waals surface area contributed by atoms with Crippen LogP contribution in [-0.4, -0.2) is 51.8 Å². The van der Waals surface area contributed by atoms with Crippen LogP contribution in [0.3, 0.4) is 0 Å². The fraction of sp³-hybridized carbons (Fsp3) is 0.423. The van der Waals surface area contributed by atoms with E-state index >= 15 is 0 Å². The van der Waals surface area contributed by atoms with Gasteiger partial charge in [0.15, 0.2) is 11.5 Å². The minimum atomic E-state index is -1.80. The summed E-state index contributed by atoms with van der Waals surface area (Å²) in [6.45, 7) is 11.1. The van der Waals surface area contributed by atoms with Gasteiger partial charge in [-0.2, -0.15) is 0 Å². The lowest BCUT2D eigenvalue weighted by Gasteiger charge is -2.32. The number of amides is 3. The second-order valence-electron chi connectivity index (χ2n) is 9.81. The number of carbonyl (C=O) groups is 3. The molecule has 10 heteroatoms. The Balaban J connectivity index is 1.71. The van der Waals surface area contributed by atoms with Crippen LogP contribution in [0.4, 0.5) is 11.4 Å². The van der Waals surface area contributed by atoms with E-state index in [9.17, 15) is 18.6 Å². The largest absolute Gasteiger partial charge is 0.454 e. The van der Waals surface area contributed by atoms with Crippen LogP contribution in [0.1, 0.15) is 38.8 Å². The predicted octanol–water partition coefficient (Wildman–Crippen LogP) is 3.06. The molecule has 2 unspecified atom stereocenters. The SMILES string of the molecule is Cc1ccc(N(C(=O)CS(=O)CC(=O)Nc2ccc3c(c2)OCO3)C(C)C(=O)NC(C)(C)C)c(C)c1. The number of benzene rings is 2. The molecule has 3 rings (SSSR count). The summed E-state index contributed by atoms with van der Waals surface area (Å²) in [6, 6.07) is 9.63. The van der Waals surface area contributed by atoms with Gasteiger partial charge in [-0.3, -0.25) is 23.5 Å². The van der Waals surface area contributed by atoms with E-state index in [0.717, 1.165) is 11.1 Å². The van der Waals surface area contributed by atoms with E-state index in [1.807, 2.05) is 46.8 Å². The van der Waals surface area contributed by atoms with Crippen LogP contribution < -0.4 is 25.0 Å². The molecule has 1 aliphatic rings. The minimum absolute atomic E-state index is 0.113. The summed E-state index contributed by atoms with van der Waals surface area (Å²) < 4.78 is 23.3. The van der Waals surface area contributed by atoms with Gasteiger partial charge in [0, 0.05) is 33.8 Å². The highest BCUT2D eigenvalue weighted by atomic mass is 32.2. The zero-order valence-electron chi connectivity index (χ0n) is 21.5. The zero-order chi connectivity index (χ0) is 26.6. The van der Waals surface area contributed by atoms with Crippen molar-refractivity contribution in [3.05, 3.63) is 47.5 Å². The van der Waals surface area contributed by atoms with Crippen molar-refractivity contribution in [1.82, 2.24) is 5.32 Å². The first-order valence-electron chi connectivity index (χ1n) is 11.6. The number of carbonyl (C=O) groups excluding carboxylic acids is 3. The average Bonchev–Trinajstić information content (AvgIpc) is 3.21. The topological polar surface area (TPSA) is 114 Å². The monoisotopic (exact) mass is 515 g/mol. The molecule has 1 heterocycles. The first kappa shape index (κ1) is 27.2. The highest BCUT2D eigenvalue weighted by molar-refractivity contribution is 7.86. The number of rotatable bonds is 8. The summed E-state index contributed by atoms with van der Waals surface area (Å²) in [5, 5.41) is 5.56. The van der Waals surface area contributed by atoms with E-state index in [2.05, 4.69) is 10.6 Å². The van der Waals surface area contributed by atoms with Gasteiger partial charge in [0.1, 0.15) is 17.5 Å². The summed E-state index contributed by atoms with van der Waals surface area (Å²) in [5.74, 6) is -1.03. The molecule has 1 aliphatic heterocycles. The molecular weight excluding hydrogens is 482 g/mol. The lowest BCUT2D eigenvalue weighted by atomic mass is 10.1. The maximum absolute atomic E-state index is 13.4. The van der Waals surface area contributed by atoms with Crippen LogP contribution in [-0.2, 0) is 25.2 Å². The van der Waals surface area contributed by atoms with Crippen molar-refractivity contribution in [2.75, 3.05) is 28.5 Å². The Morgan fingerprint density at radius 1 is 1.03 bits per heavy atom. The summed E-state index contributed by atoms with van der Waals surface area (Å²) >= 11 is 0. The Hall–Kier alpha value is -3.40. The van der Waals surface area contributed by atoms with Gasteiger partial charge in [0.25, 0.3) is 0 Å². The molecule has 36 heavy (non-hydrogen) atoms. The molecule has 2 aromatic carbocycles. The second-order valence-corrected chi connectivity index (χ2v) is 11.3. The number of ether oxygens (including phenoxy) is 2. The fourth-order valence-electron chi connectivity index (χ4n) is 3.80. The Morgan fingerprint density at radius 2 is 1.72 bits per heavy atom. The number of hydrogen-bond donors (Lipinski definition) is 2. The number of anilines is 2. The van der Waals surface area contributed by atoms with Gasteiger partial charge in [-0.1, -0.05) is 17.7 Å². The number of fused-ring (bicyclic) bond motifs is 1. The van der Waals surface area contributed by atoms with Crippen LogP contribution >= 0.6 is 0 Å². The molecule has 3 amide bonds. The van der Waals surface area contributed by atoms with Gasteiger partial charge in [0.05, 0.1) is 0 Å². The Bertz CT molecular complexity index is 1190. The fourth-order valence-corrected chi connectivity index (χ4v) is 4.68. The van der Waals surface area contributed by atoms with E-state index in [1.165, 1.54) is 4.90 Å². The quantitative estimate of drug-likeness (QED) is 0.559. The first-order valence-corrected chi connectivity index (χ1v) is 13.1. The van der Waals surface area contributed by atoms with Gasteiger partial charge >= 0.3 is 0 Å². The van der Waals surface area contributed by atoms with Gasteiger partial charge in [-0.15, -0.1) is 0 Å². The Labute approximate surface area is 214 Å². The third kappa shape index (κ3) is 7.07. The van der Waals surface area contributed by atoms with Gasteiger partial charge in [-0.25, -0.2) is 0 Å². The standard InChI is InChI=1S/C26H33N3O6S/c1-16-7-9-20(17(2)11-16)29(18(3)25(32)28-26(4,5)6)24(31)14-36(33)13-23(30)27-19-8-10-21-22(12-19)35-15-34-21/h7-12,18H,13-15H2,1-6H3,(H,27,30)(H,28,32). The molecule has 0 fully saturated rings. The molecule has 0 saturated heterocycles. The van der Waals surface area contributed by atoms with Crippen LogP contribution in [0.25, 0.3) is 0 Å². The van der Waals surface area contributed by atoms with Crippen LogP contribution in [0, 0.1) is 13.8 Å². The summed E-state index contributed by atoms with van der Waals surface area (Å²) in [5.41, 5.74) is 2.36. The first-order chi connectivity index (χ1) is 16.8.